The van der Waals surface area contributed by atoms with E-state index < -0.39 is 17.5 Å². The van der Waals surface area contributed by atoms with Crippen LogP contribution in [0.1, 0.15) is 0 Å². The maximum absolute atomic E-state index is 13.2. The normalized spacial score (nSPS) is 10.2. The number of hydrogen-bond acceptors (Lipinski definition) is 4. The first kappa shape index (κ1) is 18.2. The van der Waals surface area contributed by atoms with Crippen molar-refractivity contribution in [1.82, 2.24) is 15.0 Å². The molecule has 3 aromatic rings. The van der Waals surface area contributed by atoms with Crippen LogP contribution < -0.4 is 5.32 Å². The van der Waals surface area contributed by atoms with E-state index in [1.54, 1.807) is 18.5 Å². The summed E-state index contributed by atoms with van der Waals surface area (Å²) in [5, 5.41) is 2.71. The van der Waals surface area contributed by atoms with Gasteiger partial charge < -0.3 is 5.32 Å². The number of pyridine rings is 1. The van der Waals surface area contributed by atoms with Gasteiger partial charge >= 0.3 is 0 Å². The molecule has 0 saturated heterocycles. The van der Waals surface area contributed by atoms with Crippen LogP contribution in [0.5, 0.6) is 0 Å². The number of anilines is 2. The highest BCUT2D eigenvalue weighted by Crippen LogP contribution is 2.23. The second-order valence-corrected chi connectivity index (χ2v) is 5.45. The summed E-state index contributed by atoms with van der Waals surface area (Å²) in [5.41, 5.74) is 0.706. The Morgan fingerprint density at radius 2 is 1.71 bits per heavy atom. The average Bonchev–Trinajstić information content (AvgIpc) is 2.53. The van der Waals surface area contributed by atoms with Crippen molar-refractivity contribution in [3.05, 3.63) is 64.8 Å². The lowest BCUT2D eigenvalue weighted by Crippen LogP contribution is -1.99. The quantitative estimate of drug-likeness (QED) is 0.617. The number of hydrogen-bond donors (Lipinski definition) is 1. The fourth-order valence-electron chi connectivity index (χ4n) is 1.88. The van der Waals surface area contributed by atoms with Gasteiger partial charge in [-0.2, -0.15) is 0 Å². The summed E-state index contributed by atoms with van der Waals surface area (Å²) in [6.07, 6.45) is 4.69. The third kappa shape index (κ3) is 4.01. The molecule has 0 radical (unpaired) electrons. The summed E-state index contributed by atoms with van der Waals surface area (Å²) in [6.45, 7) is 0. The molecule has 0 fully saturated rings. The van der Waals surface area contributed by atoms with E-state index in [0.29, 0.717) is 17.2 Å². The van der Waals surface area contributed by atoms with Gasteiger partial charge in [0.2, 0.25) is 0 Å². The standard InChI is InChI=1S/C15H8BrF3N4.ClH/c16-9-3-8(6-20-7-9)15-21-2-1-13(23-15)22-10-4-11(17)14(19)12(18)5-10;/h1-7H,(H,21,22,23);1H. The summed E-state index contributed by atoms with van der Waals surface area (Å²) >= 11 is 3.30. The molecule has 3 rings (SSSR count). The summed E-state index contributed by atoms with van der Waals surface area (Å²) in [7, 11) is 0. The first-order chi connectivity index (χ1) is 11.0. The molecule has 1 aromatic carbocycles. The van der Waals surface area contributed by atoms with Crippen molar-refractivity contribution in [3.63, 3.8) is 0 Å². The van der Waals surface area contributed by atoms with Crippen molar-refractivity contribution < 1.29 is 13.2 Å². The largest absolute Gasteiger partial charge is 0.340 e. The van der Waals surface area contributed by atoms with Crippen LogP contribution in [-0.4, -0.2) is 15.0 Å². The Balaban J connectivity index is 0.00000208. The smallest absolute Gasteiger partial charge is 0.194 e. The van der Waals surface area contributed by atoms with Crippen molar-refractivity contribution in [2.24, 2.45) is 0 Å². The van der Waals surface area contributed by atoms with Crippen molar-refractivity contribution in [3.8, 4) is 11.4 Å². The SMILES string of the molecule is Cl.Fc1cc(Nc2ccnc(-c3cncc(Br)c3)n2)cc(F)c1F. The van der Waals surface area contributed by atoms with E-state index in [1.165, 1.54) is 12.3 Å². The fraction of sp³-hybridized carbons (Fsp3) is 0. The number of nitrogens with zero attached hydrogens (tertiary/aromatic N) is 3. The van der Waals surface area contributed by atoms with E-state index in [9.17, 15) is 13.2 Å². The molecule has 4 nitrogen and oxygen atoms in total. The van der Waals surface area contributed by atoms with E-state index in [1.807, 2.05) is 0 Å². The van der Waals surface area contributed by atoms with Gasteiger partial charge in [-0.05, 0) is 28.1 Å². The minimum absolute atomic E-state index is 0. The minimum atomic E-state index is -1.51. The molecule has 0 bridgehead atoms. The lowest BCUT2D eigenvalue weighted by molar-refractivity contribution is 0.448. The monoisotopic (exact) mass is 416 g/mol. The van der Waals surface area contributed by atoms with Crippen LogP contribution in [-0.2, 0) is 0 Å². The fourth-order valence-corrected chi connectivity index (χ4v) is 2.24. The van der Waals surface area contributed by atoms with Crippen molar-refractivity contribution >= 4 is 39.8 Å². The first-order valence-corrected chi connectivity index (χ1v) is 7.18. The maximum Gasteiger partial charge on any atom is 0.194 e. The maximum atomic E-state index is 13.2. The van der Waals surface area contributed by atoms with Gasteiger partial charge in [0.1, 0.15) is 5.82 Å². The van der Waals surface area contributed by atoms with Gasteiger partial charge in [-0.15, -0.1) is 12.4 Å². The van der Waals surface area contributed by atoms with E-state index >= 15 is 0 Å². The van der Waals surface area contributed by atoms with Crippen LogP contribution in [0.25, 0.3) is 11.4 Å². The van der Waals surface area contributed by atoms with Gasteiger partial charge in [-0.25, -0.2) is 23.1 Å². The van der Waals surface area contributed by atoms with Crippen LogP contribution in [0.3, 0.4) is 0 Å². The third-order valence-corrected chi connectivity index (χ3v) is 3.31. The number of aromatic nitrogens is 3. The van der Waals surface area contributed by atoms with Gasteiger partial charge in [0, 0.05) is 46.4 Å². The third-order valence-electron chi connectivity index (χ3n) is 2.87. The van der Waals surface area contributed by atoms with Crippen LogP contribution in [0.4, 0.5) is 24.7 Å². The molecule has 0 aliphatic carbocycles. The molecule has 0 aliphatic heterocycles. The highest BCUT2D eigenvalue weighted by Gasteiger charge is 2.11. The molecule has 2 aromatic heterocycles. The predicted molar refractivity (Wildman–Crippen MR) is 89.8 cm³/mol. The summed E-state index contributed by atoms with van der Waals surface area (Å²) in [6, 6.07) is 5.00. The van der Waals surface area contributed by atoms with E-state index in [4.69, 9.17) is 0 Å². The topological polar surface area (TPSA) is 50.7 Å². The number of nitrogens with one attached hydrogen (secondary N) is 1. The Morgan fingerprint density at radius 1 is 1.00 bits per heavy atom. The van der Waals surface area contributed by atoms with Crippen LogP contribution >= 0.6 is 28.3 Å². The molecule has 1 N–H and O–H groups in total. The van der Waals surface area contributed by atoms with E-state index in [2.05, 4.69) is 36.2 Å². The van der Waals surface area contributed by atoms with Gasteiger partial charge in [-0.3, -0.25) is 4.98 Å². The van der Waals surface area contributed by atoms with E-state index in [0.717, 1.165) is 16.6 Å². The Hall–Kier alpha value is -2.19. The van der Waals surface area contributed by atoms with Gasteiger partial charge in [0.05, 0.1) is 0 Å². The zero-order valence-electron chi connectivity index (χ0n) is 11.8. The Morgan fingerprint density at radius 3 is 2.38 bits per heavy atom. The highest BCUT2D eigenvalue weighted by molar-refractivity contribution is 9.10. The zero-order valence-corrected chi connectivity index (χ0v) is 14.2. The molecule has 0 atom stereocenters. The molecule has 0 saturated carbocycles. The molecule has 0 spiro atoms. The lowest BCUT2D eigenvalue weighted by atomic mass is 10.2. The zero-order chi connectivity index (χ0) is 16.4. The van der Waals surface area contributed by atoms with Gasteiger partial charge in [0.15, 0.2) is 23.3 Å². The van der Waals surface area contributed by atoms with Crippen molar-refractivity contribution in [2.75, 3.05) is 5.32 Å². The molecule has 2 heterocycles. The van der Waals surface area contributed by atoms with Crippen LogP contribution in [0.15, 0.2) is 47.3 Å². The van der Waals surface area contributed by atoms with Crippen molar-refractivity contribution in [2.45, 2.75) is 0 Å². The van der Waals surface area contributed by atoms with Crippen molar-refractivity contribution in [1.29, 1.82) is 0 Å². The molecule has 9 heteroatoms. The lowest BCUT2D eigenvalue weighted by Gasteiger charge is -2.08. The van der Waals surface area contributed by atoms with Gasteiger partial charge in [0.25, 0.3) is 0 Å². The number of rotatable bonds is 3. The summed E-state index contributed by atoms with van der Waals surface area (Å²) in [4.78, 5) is 12.4. The average molecular weight is 418 g/mol. The molecule has 24 heavy (non-hydrogen) atoms. The second kappa shape index (κ2) is 7.59. The Bertz CT molecular complexity index is 856. The molecular formula is C15H9BrClF3N4. The molecule has 0 unspecified atom stereocenters. The Kier molecular flexibility index (Phi) is 5.74. The van der Waals surface area contributed by atoms with Crippen LogP contribution in [0, 0.1) is 17.5 Å². The molecule has 0 aliphatic rings. The number of benzene rings is 1. The first-order valence-electron chi connectivity index (χ1n) is 6.38. The Labute approximate surface area is 149 Å². The van der Waals surface area contributed by atoms with E-state index in [-0.39, 0.29) is 18.1 Å². The summed E-state index contributed by atoms with van der Waals surface area (Å²) < 4.78 is 40.2. The number of halogens is 5. The second-order valence-electron chi connectivity index (χ2n) is 4.54. The molecular weight excluding hydrogens is 409 g/mol. The molecule has 0 amide bonds. The summed E-state index contributed by atoms with van der Waals surface area (Å²) in [5.74, 6) is -3.39. The van der Waals surface area contributed by atoms with Gasteiger partial charge in [-0.1, -0.05) is 0 Å². The predicted octanol–water partition coefficient (Wildman–Crippen LogP) is 4.88. The minimum Gasteiger partial charge on any atom is -0.340 e. The van der Waals surface area contributed by atoms with Crippen LogP contribution in [0.2, 0.25) is 0 Å². The highest BCUT2D eigenvalue weighted by atomic mass is 79.9. The molecule has 124 valence electrons.